The zero-order valence-electron chi connectivity index (χ0n) is 15.9. The Balaban J connectivity index is 1.48. The van der Waals surface area contributed by atoms with Crippen LogP contribution in [-0.2, 0) is 0 Å². The molecule has 0 atom stereocenters. The number of imidazole rings is 1. The van der Waals surface area contributed by atoms with Crippen LogP contribution in [-0.4, -0.2) is 20.9 Å². The minimum Gasteiger partial charge on any atom is -0.426 e. The van der Waals surface area contributed by atoms with Crippen molar-refractivity contribution in [3.05, 3.63) is 90.5 Å². The van der Waals surface area contributed by atoms with Gasteiger partial charge in [-0.25, -0.2) is 14.4 Å². The van der Waals surface area contributed by atoms with E-state index >= 15 is 0 Å². The van der Waals surface area contributed by atoms with Crippen LogP contribution in [0.15, 0.2) is 77.3 Å². The minimum atomic E-state index is -0.866. The number of fused-ring (bicyclic) bond motifs is 1. The SMILES string of the molecule is O=C(Nc1ccc(F)c(-c2nc3ncc(-c4ccccc4)cc3[nH]2)c1)c1ccc(F)o1. The number of aromatic amines is 1. The maximum atomic E-state index is 14.5. The second-order valence-electron chi connectivity index (χ2n) is 6.80. The van der Waals surface area contributed by atoms with Crippen molar-refractivity contribution < 1.29 is 18.0 Å². The third-order valence-corrected chi connectivity index (χ3v) is 4.72. The van der Waals surface area contributed by atoms with Crippen LogP contribution in [0.2, 0.25) is 0 Å². The summed E-state index contributed by atoms with van der Waals surface area (Å²) in [6.07, 6.45) is 1.71. The minimum absolute atomic E-state index is 0.155. The first kappa shape index (κ1) is 18.7. The molecule has 0 aliphatic carbocycles. The number of aromatic nitrogens is 3. The Morgan fingerprint density at radius 1 is 0.968 bits per heavy atom. The van der Waals surface area contributed by atoms with E-state index in [0.717, 1.165) is 17.2 Å². The van der Waals surface area contributed by atoms with Gasteiger partial charge in [0.2, 0.25) is 0 Å². The van der Waals surface area contributed by atoms with E-state index in [1.165, 1.54) is 24.3 Å². The van der Waals surface area contributed by atoms with Crippen molar-refractivity contribution in [1.82, 2.24) is 15.0 Å². The Bertz CT molecular complexity index is 1410. The lowest BCUT2D eigenvalue weighted by Crippen LogP contribution is -2.11. The molecule has 0 saturated carbocycles. The van der Waals surface area contributed by atoms with Crippen LogP contribution in [0.4, 0.5) is 14.5 Å². The number of hydrogen-bond acceptors (Lipinski definition) is 4. The lowest BCUT2D eigenvalue weighted by Gasteiger charge is -2.06. The highest BCUT2D eigenvalue weighted by Crippen LogP contribution is 2.28. The van der Waals surface area contributed by atoms with E-state index in [0.29, 0.717) is 16.9 Å². The van der Waals surface area contributed by atoms with Crippen molar-refractivity contribution >= 4 is 22.8 Å². The van der Waals surface area contributed by atoms with Crippen molar-refractivity contribution in [1.29, 1.82) is 0 Å². The predicted molar refractivity (Wildman–Crippen MR) is 111 cm³/mol. The Labute approximate surface area is 174 Å². The second-order valence-corrected chi connectivity index (χ2v) is 6.80. The molecule has 3 heterocycles. The van der Waals surface area contributed by atoms with Gasteiger partial charge in [0.05, 0.1) is 11.1 Å². The standard InChI is InChI=1S/C23H14F2N4O2/c24-17-7-6-15(27-23(30)19-8-9-20(25)31-19)11-16(17)21-28-18-10-14(12-26-22(18)29-21)13-4-2-1-3-5-13/h1-12H,(H,27,30)(H,26,28,29). The average Bonchev–Trinajstić information content (AvgIpc) is 3.41. The average molecular weight is 416 g/mol. The number of hydrogen-bond donors (Lipinski definition) is 2. The molecular formula is C23H14F2N4O2. The lowest BCUT2D eigenvalue weighted by atomic mass is 10.1. The molecule has 0 unspecified atom stereocenters. The van der Waals surface area contributed by atoms with Crippen LogP contribution in [0.5, 0.6) is 0 Å². The number of nitrogens with zero attached hydrogens (tertiary/aromatic N) is 2. The molecule has 0 fully saturated rings. The first-order chi connectivity index (χ1) is 15.1. The zero-order valence-corrected chi connectivity index (χ0v) is 15.9. The molecule has 5 rings (SSSR count). The van der Waals surface area contributed by atoms with E-state index in [9.17, 15) is 13.6 Å². The van der Waals surface area contributed by atoms with E-state index < -0.39 is 17.7 Å². The molecule has 5 aromatic rings. The molecule has 0 aliphatic heterocycles. The van der Waals surface area contributed by atoms with Crippen LogP contribution >= 0.6 is 0 Å². The second kappa shape index (κ2) is 7.49. The Kier molecular flexibility index (Phi) is 4.51. The third-order valence-electron chi connectivity index (χ3n) is 4.72. The van der Waals surface area contributed by atoms with Gasteiger partial charge in [-0.1, -0.05) is 30.3 Å². The summed E-state index contributed by atoms with van der Waals surface area (Å²) in [7, 11) is 0. The summed E-state index contributed by atoms with van der Waals surface area (Å²) in [5.41, 5.74) is 3.44. The van der Waals surface area contributed by atoms with Gasteiger partial charge < -0.3 is 14.7 Å². The number of furan rings is 1. The molecule has 6 nitrogen and oxygen atoms in total. The quantitative estimate of drug-likeness (QED) is 0.410. The molecule has 31 heavy (non-hydrogen) atoms. The lowest BCUT2D eigenvalue weighted by molar-refractivity contribution is 0.0988. The molecular weight excluding hydrogens is 402 g/mol. The fraction of sp³-hybridized carbons (Fsp3) is 0. The van der Waals surface area contributed by atoms with Crippen molar-refractivity contribution in [2.45, 2.75) is 0 Å². The van der Waals surface area contributed by atoms with E-state index in [1.807, 2.05) is 36.4 Å². The van der Waals surface area contributed by atoms with Gasteiger partial charge in [0.15, 0.2) is 11.4 Å². The molecule has 1 amide bonds. The molecule has 0 saturated heterocycles. The van der Waals surface area contributed by atoms with Gasteiger partial charge in [0.1, 0.15) is 11.6 Å². The number of carbonyl (C=O) groups excluding carboxylic acids is 1. The monoisotopic (exact) mass is 416 g/mol. The van der Waals surface area contributed by atoms with Crippen LogP contribution < -0.4 is 5.32 Å². The number of benzene rings is 2. The Morgan fingerprint density at radius 3 is 2.58 bits per heavy atom. The van der Waals surface area contributed by atoms with Crippen molar-refractivity contribution in [3.63, 3.8) is 0 Å². The van der Waals surface area contributed by atoms with E-state index in [2.05, 4.69) is 24.7 Å². The summed E-state index contributed by atoms with van der Waals surface area (Å²) >= 11 is 0. The van der Waals surface area contributed by atoms with E-state index in [-0.39, 0.29) is 17.1 Å². The number of anilines is 1. The van der Waals surface area contributed by atoms with Crippen molar-refractivity contribution in [2.75, 3.05) is 5.32 Å². The largest absolute Gasteiger partial charge is 0.426 e. The highest BCUT2D eigenvalue weighted by atomic mass is 19.1. The number of pyridine rings is 1. The number of nitrogens with one attached hydrogen (secondary N) is 2. The Hall–Kier alpha value is -4.33. The third kappa shape index (κ3) is 3.66. The predicted octanol–water partition coefficient (Wildman–Crippen LogP) is 5.42. The van der Waals surface area contributed by atoms with Crippen LogP contribution in [0.3, 0.4) is 0 Å². The smallest absolute Gasteiger partial charge is 0.291 e. The molecule has 0 radical (unpaired) electrons. The normalized spacial score (nSPS) is 11.0. The summed E-state index contributed by atoms with van der Waals surface area (Å²) in [5, 5.41) is 2.55. The van der Waals surface area contributed by atoms with Gasteiger partial charge in [-0.05, 0) is 35.9 Å². The maximum absolute atomic E-state index is 14.5. The molecule has 2 N–H and O–H groups in total. The molecule has 2 aromatic carbocycles. The van der Waals surface area contributed by atoms with Gasteiger partial charge in [-0.3, -0.25) is 4.79 Å². The molecule has 0 aliphatic rings. The van der Waals surface area contributed by atoms with E-state index in [1.54, 1.807) is 6.20 Å². The summed E-state index contributed by atoms with van der Waals surface area (Å²) < 4.78 is 32.2. The fourth-order valence-corrected chi connectivity index (χ4v) is 3.23. The molecule has 3 aromatic heterocycles. The summed E-state index contributed by atoms with van der Waals surface area (Å²) in [4.78, 5) is 24.0. The van der Waals surface area contributed by atoms with Gasteiger partial charge >= 0.3 is 0 Å². The zero-order chi connectivity index (χ0) is 21.4. The van der Waals surface area contributed by atoms with Crippen molar-refractivity contribution in [3.8, 4) is 22.5 Å². The molecule has 0 spiro atoms. The van der Waals surface area contributed by atoms with E-state index in [4.69, 9.17) is 0 Å². The Morgan fingerprint density at radius 2 is 1.81 bits per heavy atom. The topological polar surface area (TPSA) is 83.8 Å². The first-order valence-electron chi connectivity index (χ1n) is 9.34. The molecule has 0 bridgehead atoms. The number of amides is 1. The summed E-state index contributed by atoms with van der Waals surface area (Å²) in [5.74, 6) is -1.10. The number of carbonyl (C=O) groups is 1. The number of halogens is 2. The van der Waals surface area contributed by atoms with Gasteiger partial charge in [-0.15, -0.1) is 0 Å². The van der Waals surface area contributed by atoms with Gasteiger partial charge in [-0.2, -0.15) is 4.39 Å². The highest BCUT2D eigenvalue weighted by Gasteiger charge is 2.15. The number of H-pyrrole nitrogens is 1. The van der Waals surface area contributed by atoms with Crippen molar-refractivity contribution in [2.24, 2.45) is 0 Å². The fourth-order valence-electron chi connectivity index (χ4n) is 3.23. The van der Waals surface area contributed by atoms with Crippen LogP contribution in [0, 0.1) is 11.8 Å². The molecule has 152 valence electrons. The number of rotatable bonds is 4. The van der Waals surface area contributed by atoms with Gasteiger partial charge in [0, 0.05) is 23.5 Å². The highest BCUT2D eigenvalue weighted by molar-refractivity contribution is 6.02. The van der Waals surface area contributed by atoms with Gasteiger partial charge in [0.25, 0.3) is 11.9 Å². The molecule has 8 heteroatoms. The maximum Gasteiger partial charge on any atom is 0.291 e. The summed E-state index contributed by atoms with van der Waals surface area (Å²) in [6, 6.07) is 17.1. The van der Waals surface area contributed by atoms with Crippen LogP contribution in [0.1, 0.15) is 10.6 Å². The van der Waals surface area contributed by atoms with Crippen LogP contribution in [0.25, 0.3) is 33.7 Å². The summed E-state index contributed by atoms with van der Waals surface area (Å²) in [6.45, 7) is 0. The first-order valence-corrected chi connectivity index (χ1v) is 9.34.